The Morgan fingerprint density at radius 2 is 1.23 bits per heavy atom. The van der Waals surface area contributed by atoms with Gasteiger partial charge in [0.1, 0.15) is 0 Å². The van der Waals surface area contributed by atoms with Gasteiger partial charge in [0, 0.05) is 0 Å². The van der Waals surface area contributed by atoms with Gasteiger partial charge >= 0.3 is 0 Å². The van der Waals surface area contributed by atoms with Gasteiger partial charge in [0.2, 0.25) is 5.85 Å². The molecule has 0 rings (SSSR count). The Hall–Kier alpha value is 0.0700. The Bertz CT molecular complexity index is 165. The number of nitrogens with two attached hydrogens (primary N) is 7. The smallest absolute Gasteiger partial charge is 0.224 e. The molecule has 0 aromatic rings. The van der Waals surface area contributed by atoms with Crippen LogP contribution in [0.15, 0.2) is 0 Å². The van der Waals surface area contributed by atoms with Crippen LogP contribution in [0.5, 0.6) is 0 Å². The third-order valence-corrected chi connectivity index (χ3v) is 2.30. The van der Waals surface area contributed by atoms with Crippen LogP contribution in [0.3, 0.4) is 0 Å². The molecule has 0 aliphatic rings. The normalized spacial score (nSPS) is 18.5. The number of hydrogen-bond acceptors (Lipinski definition) is 9. The van der Waals surface area contributed by atoms with Crippen molar-refractivity contribution in [1.29, 1.82) is 0 Å². The predicted octanol–water partition coefficient (Wildman–Crippen LogP) is -4.56. The van der Waals surface area contributed by atoms with Gasteiger partial charge in [0.25, 0.3) is 0 Å². The number of hydrogen-bond donors (Lipinski definition) is 7. The lowest BCUT2D eigenvalue weighted by Gasteiger charge is -2.45. The minimum absolute atomic E-state index is 1.78. The van der Waals surface area contributed by atoms with Gasteiger partial charge in [-0.1, -0.05) is 9.24 Å². The van der Waals surface area contributed by atoms with Crippen LogP contribution in [0, 0.1) is 0 Å². The topological polar surface area (TPSA) is 201 Å². The van der Waals surface area contributed by atoms with Crippen molar-refractivity contribution in [1.82, 2.24) is 0 Å². The molecule has 0 heterocycles. The highest BCUT2D eigenvalue weighted by molar-refractivity contribution is 7.18. The molecule has 10 heteroatoms. The zero-order valence-electron chi connectivity index (χ0n) is 6.94. The molecule has 0 saturated carbocycles. The van der Waals surface area contributed by atoms with E-state index in [1.807, 2.05) is 9.24 Å². The summed E-state index contributed by atoms with van der Waals surface area (Å²) >= 11 is 0. The van der Waals surface area contributed by atoms with Crippen LogP contribution in [0.25, 0.3) is 0 Å². The van der Waals surface area contributed by atoms with E-state index in [1.54, 1.807) is 0 Å². The van der Waals surface area contributed by atoms with Crippen LogP contribution in [-0.4, -0.2) is 17.0 Å². The van der Waals surface area contributed by atoms with Crippen molar-refractivity contribution in [2.24, 2.45) is 40.5 Å². The van der Waals surface area contributed by atoms with Gasteiger partial charge in [-0.05, 0) is 0 Å². The molecule has 2 atom stereocenters. The molecule has 0 aromatic carbocycles. The van der Waals surface area contributed by atoms with Crippen molar-refractivity contribution >= 4 is 9.24 Å². The fraction of sp³-hybridized carbons (Fsp3) is 1.00. The summed E-state index contributed by atoms with van der Waals surface area (Å²) in [5, 5.41) is 0. The van der Waals surface area contributed by atoms with Gasteiger partial charge in [-0.3, -0.25) is 26.9 Å². The van der Waals surface area contributed by atoms with Crippen LogP contribution in [0.1, 0.15) is 0 Å². The summed E-state index contributed by atoms with van der Waals surface area (Å²) < 4.78 is 0. The van der Waals surface area contributed by atoms with Gasteiger partial charge in [-0.15, -0.1) is 0 Å². The molecule has 2 unspecified atom stereocenters. The second kappa shape index (κ2) is 3.67. The first-order valence-corrected chi connectivity index (χ1v) is 3.69. The summed E-state index contributed by atoms with van der Waals surface area (Å²) in [5.41, 5.74) is 23.2. The molecule has 0 bridgehead atoms. The van der Waals surface area contributed by atoms with Gasteiger partial charge in [0.15, 0.2) is 11.1 Å². The van der Waals surface area contributed by atoms with Gasteiger partial charge in [-0.25, -0.2) is 11.8 Å². The molecule has 0 amide bonds. The summed E-state index contributed by atoms with van der Waals surface area (Å²) in [4.78, 5) is 8.45. The maximum atomic E-state index is 5.47. The zero-order chi connectivity index (χ0) is 10.9. The average molecular weight is 213 g/mol. The lowest BCUT2D eigenvalue weighted by Crippen LogP contribution is -2.87. The Labute approximate surface area is 77.3 Å². The van der Waals surface area contributed by atoms with Crippen LogP contribution in [0.4, 0.5) is 0 Å². The van der Waals surface area contributed by atoms with Gasteiger partial charge in [0.05, 0.1) is 0 Å². The van der Waals surface area contributed by atoms with E-state index < -0.39 is 17.0 Å². The first kappa shape index (κ1) is 13.1. The minimum Gasteiger partial charge on any atom is -0.305 e. The average Bonchev–Trinajstić information content (AvgIpc) is 2.03. The van der Waals surface area contributed by atoms with E-state index in [0.717, 1.165) is 0 Å². The molecular formula is C3H16N7O2P. The molecule has 13 heavy (non-hydrogen) atoms. The second-order valence-corrected chi connectivity index (χ2v) is 3.55. The van der Waals surface area contributed by atoms with E-state index in [4.69, 9.17) is 40.5 Å². The molecule has 0 radical (unpaired) electrons. The molecule has 14 N–H and O–H groups in total. The van der Waals surface area contributed by atoms with Crippen LogP contribution in [-0.2, 0) is 9.68 Å². The quantitative estimate of drug-likeness (QED) is 0.136. The standard InChI is InChI=1S/C3H16N7O2P/c4-1(5,2(6,7)11-9)3(8,13)12-10/h4-10,13H2. The Morgan fingerprint density at radius 3 is 1.46 bits per heavy atom. The highest BCUT2D eigenvalue weighted by Gasteiger charge is 2.54. The second-order valence-electron chi connectivity index (χ2n) is 2.69. The molecule has 0 aliphatic heterocycles. The summed E-state index contributed by atoms with van der Waals surface area (Å²) in [5.74, 6) is 7.51. The van der Waals surface area contributed by atoms with Gasteiger partial charge < -0.3 is 11.5 Å². The van der Waals surface area contributed by atoms with E-state index in [9.17, 15) is 0 Å². The highest BCUT2D eigenvalue weighted by Crippen LogP contribution is 2.25. The molecule has 9 nitrogen and oxygen atoms in total. The monoisotopic (exact) mass is 213 g/mol. The fourth-order valence-corrected chi connectivity index (χ4v) is 0.726. The van der Waals surface area contributed by atoms with Crippen LogP contribution < -0.4 is 40.5 Å². The fourth-order valence-electron chi connectivity index (χ4n) is 0.500. The van der Waals surface area contributed by atoms with Crippen molar-refractivity contribution in [3.8, 4) is 0 Å². The molecular weight excluding hydrogens is 197 g/mol. The van der Waals surface area contributed by atoms with Crippen molar-refractivity contribution < 1.29 is 9.68 Å². The Balaban J connectivity index is 4.95. The molecule has 0 saturated heterocycles. The third kappa shape index (κ3) is 2.11. The molecule has 0 aliphatic carbocycles. The summed E-state index contributed by atoms with van der Waals surface area (Å²) in [6.07, 6.45) is 0. The first-order valence-electron chi connectivity index (χ1n) is 3.11. The van der Waals surface area contributed by atoms with E-state index in [1.165, 1.54) is 0 Å². The molecule has 0 spiro atoms. The maximum absolute atomic E-state index is 5.47. The number of rotatable bonds is 4. The van der Waals surface area contributed by atoms with Crippen molar-refractivity contribution in [2.45, 2.75) is 17.0 Å². The summed E-state index contributed by atoms with van der Waals surface area (Å²) in [7, 11) is 1.94. The van der Waals surface area contributed by atoms with Gasteiger partial charge in [-0.2, -0.15) is 0 Å². The van der Waals surface area contributed by atoms with E-state index in [0.29, 0.717) is 0 Å². The van der Waals surface area contributed by atoms with E-state index in [2.05, 4.69) is 9.68 Å². The third-order valence-electron chi connectivity index (χ3n) is 1.68. The SMILES string of the molecule is NOC(N)(N)C(N)(N)C(N)(P)ON. The van der Waals surface area contributed by atoms with E-state index in [-0.39, 0.29) is 0 Å². The molecule has 80 valence electrons. The Morgan fingerprint density at radius 1 is 0.846 bits per heavy atom. The van der Waals surface area contributed by atoms with Crippen LogP contribution >= 0.6 is 9.24 Å². The van der Waals surface area contributed by atoms with E-state index >= 15 is 0 Å². The summed E-state index contributed by atoms with van der Waals surface area (Å²) in [6.45, 7) is 0. The maximum Gasteiger partial charge on any atom is 0.224 e. The molecule has 0 aromatic heterocycles. The van der Waals surface area contributed by atoms with Crippen molar-refractivity contribution in [3.63, 3.8) is 0 Å². The minimum atomic E-state index is -2.09. The highest BCUT2D eigenvalue weighted by atomic mass is 31.0. The van der Waals surface area contributed by atoms with Crippen molar-refractivity contribution in [3.05, 3.63) is 0 Å². The predicted molar refractivity (Wildman–Crippen MR) is 49.4 cm³/mol. The lowest BCUT2D eigenvalue weighted by atomic mass is 10.1. The van der Waals surface area contributed by atoms with Crippen molar-refractivity contribution in [2.75, 3.05) is 0 Å². The first-order chi connectivity index (χ1) is 5.62. The molecule has 0 fully saturated rings. The summed E-state index contributed by atoms with van der Waals surface area (Å²) in [6, 6.07) is 0. The largest absolute Gasteiger partial charge is 0.305 e. The Kier molecular flexibility index (Phi) is 3.69. The zero-order valence-corrected chi connectivity index (χ0v) is 8.09. The van der Waals surface area contributed by atoms with Crippen LogP contribution in [0.2, 0.25) is 0 Å². The lowest BCUT2D eigenvalue weighted by molar-refractivity contribution is -0.155.